The Morgan fingerprint density at radius 1 is 0.886 bits per heavy atom. The van der Waals surface area contributed by atoms with Gasteiger partial charge in [-0.2, -0.15) is 5.10 Å². The topological polar surface area (TPSA) is 115 Å². The Morgan fingerprint density at radius 2 is 1.57 bits per heavy atom. The summed E-state index contributed by atoms with van der Waals surface area (Å²) in [6, 6.07) is 15.7. The third-order valence-electron chi connectivity index (χ3n) is 4.47. The highest BCUT2D eigenvalue weighted by Gasteiger charge is 2.16. The van der Waals surface area contributed by atoms with Crippen LogP contribution in [0.3, 0.4) is 0 Å². The molecule has 0 atom stereocenters. The van der Waals surface area contributed by atoms with E-state index in [9.17, 15) is 14.4 Å². The fraction of sp³-hybridized carbons (Fsp3) is 0.0833. The second-order valence-corrected chi connectivity index (χ2v) is 8.15. The number of methoxy groups -OCH3 is 2. The molecule has 0 aliphatic carbocycles. The van der Waals surface area contributed by atoms with E-state index in [4.69, 9.17) is 25.8 Å². The first-order valence-corrected chi connectivity index (χ1v) is 11.1. The van der Waals surface area contributed by atoms with Gasteiger partial charge in [-0.3, -0.25) is 9.59 Å². The van der Waals surface area contributed by atoms with Gasteiger partial charge in [-0.1, -0.05) is 27.5 Å². The maximum Gasteiger partial charge on any atom is 0.343 e. The molecule has 3 rings (SSSR count). The third kappa shape index (κ3) is 7.05. The van der Waals surface area contributed by atoms with Crippen molar-refractivity contribution in [3.8, 4) is 17.2 Å². The highest BCUT2D eigenvalue weighted by Crippen LogP contribution is 2.29. The predicted octanol–water partition coefficient (Wildman–Crippen LogP) is 4.43. The lowest BCUT2D eigenvalue weighted by molar-refractivity contribution is -0.136. The summed E-state index contributed by atoms with van der Waals surface area (Å²) in [6.45, 7) is 0. The van der Waals surface area contributed by atoms with Crippen LogP contribution < -0.4 is 25.0 Å². The first-order chi connectivity index (χ1) is 16.8. The van der Waals surface area contributed by atoms with E-state index in [-0.39, 0.29) is 11.3 Å². The molecule has 3 aromatic rings. The lowest BCUT2D eigenvalue weighted by atomic mass is 10.2. The fourth-order valence-corrected chi connectivity index (χ4v) is 3.27. The molecule has 0 fully saturated rings. The average molecular weight is 561 g/mol. The zero-order valence-corrected chi connectivity index (χ0v) is 20.8. The van der Waals surface area contributed by atoms with Gasteiger partial charge < -0.3 is 19.5 Å². The number of hydrazone groups is 1. The van der Waals surface area contributed by atoms with Crippen LogP contribution in [-0.4, -0.2) is 38.2 Å². The molecule has 0 aliphatic heterocycles. The van der Waals surface area contributed by atoms with Crippen molar-refractivity contribution in [3.05, 3.63) is 81.3 Å². The number of halogens is 2. The normalized spacial score (nSPS) is 10.5. The summed E-state index contributed by atoms with van der Waals surface area (Å²) in [7, 11) is 2.95. The molecule has 3 aromatic carbocycles. The van der Waals surface area contributed by atoms with Gasteiger partial charge in [0.1, 0.15) is 5.75 Å². The number of carbonyl (C=O) groups is 3. The maximum absolute atomic E-state index is 12.7. The molecule has 35 heavy (non-hydrogen) atoms. The molecular formula is C24H19BrClN3O6. The van der Waals surface area contributed by atoms with Crippen LogP contribution >= 0.6 is 27.5 Å². The summed E-state index contributed by atoms with van der Waals surface area (Å²) in [5.41, 5.74) is 3.13. The van der Waals surface area contributed by atoms with Gasteiger partial charge in [0.15, 0.2) is 11.5 Å². The zero-order valence-electron chi connectivity index (χ0n) is 18.5. The van der Waals surface area contributed by atoms with E-state index in [0.717, 1.165) is 0 Å². The smallest absolute Gasteiger partial charge is 0.343 e. The van der Waals surface area contributed by atoms with Gasteiger partial charge in [0.25, 0.3) is 0 Å². The number of amides is 2. The molecule has 180 valence electrons. The quantitative estimate of drug-likeness (QED) is 0.145. The molecule has 2 N–H and O–H groups in total. The lowest BCUT2D eigenvalue weighted by Gasteiger charge is -2.11. The monoisotopic (exact) mass is 559 g/mol. The number of nitrogens with zero attached hydrogens (tertiary/aromatic N) is 1. The minimum absolute atomic E-state index is 0.177. The Kier molecular flexibility index (Phi) is 8.82. The van der Waals surface area contributed by atoms with Crippen molar-refractivity contribution in [2.24, 2.45) is 5.10 Å². The van der Waals surface area contributed by atoms with Crippen molar-refractivity contribution in [3.63, 3.8) is 0 Å². The highest BCUT2D eigenvalue weighted by molar-refractivity contribution is 9.10. The molecule has 0 spiro atoms. The van der Waals surface area contributed by atoms with Gasteiger partial charge in [0.2, 0.25) is 0 Å². The molecule has 0 aliphatic rings. The maximum atomic E-state index is 12.7. The predicted molar refractivity (Wildman–Crippen MR) is 134 cm³/mol. The lowest BCUT2D eigenvalue weighted by Crippen LogP contribution is -2.32. The summed E-state index contributed by atoms with van der Waals surface area (Å²) in [5, 5.41) is 6.71. The number of carbonyl (C=O) groups excluding carboxylic acids is 3. The largest absolute Gasteiger partial charge is 0.493 e. The summed E-state index contributed by atoms with van der Waals surface area (Å²) in [6.07, 6.45) is 1.25. The van der Waals surface area contributed by atoms with E-state index >= 15 is 0 Å². The van der Waals surface area contributed by atoms with E-state index in [1.807, 2.05) is 0 Å². The Bertz CT molecular complexity index is 1280. The van der Waals surface area contributed by atoms with Crippen LogP contribution in [0, 0.1) is 0 Å². The van der Waals surface area contributed by atoms with Crippen LogP contribution in [0.25, 0.3) is 0 Å². The Labute approximate surface area is 214 Å². The van der Waals surface area contributed by atoms with Gasteiger partial charge >= 0.3 is 17.8 Å². The van der Waals surface area contributed by atoms with E-state index in [2.05, 4.69) is 31.8 Å². The number of nitrogens with one attached hydrogen (secondary N) is 2. The number of hydrogen-bond donors (Lipinski definition) is 2. The molecule has 0 bridgehead atoms. The number of hydrogen-bond acceptors (Lipinski definition) is 7. The van der Waals surface area contributed by atoms with Crippen LogP contribution in [0.4, 0.5) is 5.69 Å². The molecule has 0 radical (unpaired) electrons. The minimum atomic E-state index is -0.991. The van der Waals surface area contributed by atoms with Crippen molar-refractivity contribution >= 4 is 57.2 Å². The summed E-state index contributed by atoms with van der Waals surface area (Å²) >= 11 is 9.13. The summed E-state index contributed by atoms with van der Waals surface area (Å²) < 4.78 is 16.6. The van der Waals surface area contributed by atoms with Gasteiger partial charge in [-0.05, 0) is 60.7 Å². The molecule has 0 aromatic heterocycles. The van der Waals surface area contributed by atoms with Crippen LogP contribution in [0.15, 0.2) is 70.2 Å². The van der Waals surface area contributed by atoms with Crippen molar-refractivity contribution < 1.29 is 28.6 Å². The SMILES string of the molecule is COc1ccc(C(=O)Oc2ccc(Br)cc2/C=N/NC(=O)C(=O)Nc2ccc(Cl)cc2)cc1OC. The summed E-state index contributed by atoms with van der Waals surface area (Å²) in [4.78, 5) is 36.8. The van der Waals surface area contributed by atoms with Gasteiger partial charge in [0.05, 0.1) is 26.0 Å². The second kappa shape index (κ2) is 12.0. The van der Waals surface area contributed by atoms with Crippen molar-refractivity contribution in [1.82, 2.24) is 5.43 Å². The number of esters is 1. The zero-order chi connectivity index (χ0) is 25.4. The van der Waals surface area contributed by atoms with Crippen LogP contribution in [0.2, 0.25) is 5.02 Å². The third-order valence-corrected chi connectivity index (χ3v) is 5.22. The number of benzene rings is 3. The number of anilines is 1. The summed E-state index contributed by atoms with van der Waals surface area (Å²) in [5.74, 6) is -1.53. The Morgan fingerprint density at radius 3 is 2.26 bits per heavy atom. The fourth-order valence-electron chi connectivity index (χ4n) is 2.77. The van der Waals surface area contributed by atoms with Gasteiger partial charge in [-0.15, -0.1) is 0 Å². The second-order valence-electron chi connectivity index (χ2n) is 6.80. The first-order valence-electron chi connectivity index (χ1n) is 9.94. The first kappa shape index (κ1) is 25.7. The minimum Gasteiger partial charge on any atom is -0.493 e. The van der Waals surface area contributed by atoms with Gasteiger partial charge in [-0.25, -0.2) is 10.2 Å². The Hall–Kier alpha value is -3.89. The molecule has 0 heterocycles. The average Bonchev–Trinajstić information content (AvgIpc) is 2.86. The van der Waals surface area contributed by atoms with E-state index in [1.165, 1.54) is 32.6 Å². The number of ether oxygens (including phenoxy) is 3. The standard InChI is InChI=1S/C24H19BrClN3O6/c1-33-20-9-3-14(12-21(20)34-2)24(32)35-19-10-4-16(25)11-15(19)13-27-29-23(31)22(30)28-18-7-5-17(26)6-8-18/h3-13H,1-2H3,(H,28,30)(H,29,31)/b27-13+. The van der Waals surface area contributed by atoms with Crippen molar-refractivity contribution in [2.45, 2.75) is 0 Å². The molecular weight excluding hydrogens is 542 g/mol. The Balaban J connectivity index is 1.69. The van der Waals surface area contributed by atoms with E-state index in [1.54, 1.807) is 48.5 Å². The van der Waals surface area contributed by atoms with Crippen molar-refractivity contribution in [1.29, 1.82) is 0 Å². The highest BCUT2D eigenvalue weighted by atomic mass is 79.9. The molecule has 11 heteroatoms. The number of rotatable bonds is 7. The molecule has 0 saturated heterocycles. The van der Waals surface area contributed by atoms with E-state index in [0.29, 0.717) is 32.2 Å². The van der Waals surface area contributed by atoms with Crippen molar-refractivity contribution in [2.75, 3.05) is 19.5 Å². The molecule has 2 amide bonds. The van der Waals surface area contributed by atoms with Crippen LogP contribution in [-0.2, 0) is 9.59 Å². The molecule has 9 nitrogen and oxygen atoms in total. The van der Waals surface area contributed by atoms with Crippen LogP contribution in [0.1, 0.15) is 15.9 Å². The van der Waals surface area contributed by atoms with Gasteiger partial charge in [0, 0.05) is 20.7 Å². The van der Waals surface area contributed by atoms with Crippen LogP contribution in [0.5, 0.6) is 17.2 Å². The molecule has 0 unspecified atom stereocenters. The molecule has 0 saturated carbocycles. The van der Waals surface area contributed by atoms with E-state index < -0.39 is 17.8 Å².